The molecular weight excluding hydrogens is 303 g/mol. The van der Waals surface area contributed by atoms with Gasteiger partial charge in [-0.25, -0.2) is 4.39 Å². The highest BCUT2D eigenvalue weighted by molar-refractivity contribution is 5.94. The Labute approximate surface area is 140 Å². The van der Waals surface area contributed by atoms with Crippen LogP contribution in [0.15, 0.2) is 48.5 Å². The summed E-state index contributed by atoms with van der Waals surface area (Å²) in [5, 5.41) is 1.25. The number of carbonyl (C=O) groups excluding carboxylic acids is 1. The lowest BCUT2D eigenvalue weighted by Crippen LogP contribution is -2.40. The van der Waals surface area contributed by atoms with Crippen LogP contribution in [0.2, 0.25) is 0 Å². The molecule has 1 unspecified atom stereocenters. The molecule has 0 fully saturated rings. The van der Waals surface area contributed by atoms with Gasteiger partial charge in [0.05, 0.1) is 0 Å². The lowest BCUT2D eigenvalue weighted by atomic mass is 9.90. The number of hydrogen-bond donors (Lipinski definition) is 1. The fourth-order valence-electron chi connectivity index (χ4n) is 3.64. The number of likely N-dealkylation sites (N-methyl/N-ethyl adjacent to an activating group) is 1. The Kier molecular flexibility index (Phi) is 3.60. The van der Waals surface area contributed by atoms with Crippen molar-refractivity contribution in [1.29, 1.82) is 0 Å². The van der Waals surface area contributed by atoms with Crippen LogP contribution < -0.4 is 0 Å². The summed E-state index contributed by atoms with van der Waals surface area (Å²) in [4.78, 5) is 18.0. The van der Waals surface area contributed by atoms with Gasteiger partial charge in [-0.1, -0.05) is 18.2 Å². The zero-order chi connectivity index (χ0) is 16.7. The first-order valence-electron chi connectivity index (χ1n) is 8.24. The number of fused-ring (bicyclic) bond motifs is 3. The molecule has 3 nitrogen and oxygen atoms in total. The predicted octanol–water partition coefficient (Wildman–Crippen LogP) is 3.94. The second-order valence-electron chi connectivity index (χ2n) is 6.45. The second-order valence-corrected chi connectivity index (χ2v) is 6.45. The van der Waals surface area contributed by atoms with Crippen molar-refractivity contribution >= 4 is 16.8 Å². The first-order chi connectivity index (χ1) is 11.6. The van der Waals surface area contributed by atoms with Crippen molar-refractivity contribution in [2.24, 2.45) is 0 Å². The molecule has 1 aromatic heterocycles. The lowest BCUT2D eigenvalue weighted by molar-refractivity contribution is 0.0719. The minimum absolute atomic E-state index is 0.0525. The lowest BCUT2D eigenvalue weighted by Gasteiger charge is -2.31. The van der Waals surface area contributed by atoms with Crippen LogP contribution >= 0.6 is 0 Å². The topological polar surface area (TPSA) is 36.1 Å². The largest absolute Gasteiger partial charge is 0.358 e. The Balaban J connectivity index is 1.59. The molecule has 122 valence electrons. The molecule has 4 heteroatoms. The molecule has 1 aliphatic rings. The maximum atomic E-state index is 13.1. The Morgan fingerprint density at radius 1 is 1.17 bits per heavy atom. The van der Waals surface area contributed by atoms with Crippen molar-refractivity contribution in [3.63, 3.8) is 0 Å². The van der Waals surface area contributed by atoms with E-state index in [1.165, 1.54) is 28.8 Å². The third-order valence-electron chi connectivity index (χ3n) is 5.03. The highest BCUT2D eigenvalue weighted by Gasteiger charge is 2.27. The number of para-hydroxylation sites is 1. The van der Waals surface area contributed by atoms with Crippen LogP contribution in [-0.4, -0.2) is 28.9 Å². The SMILES string of the molecule is CN(C(=O)c1ccc(F)cc1)C1CCc2[nH]c3ccccc3c2C1. The normalized spacial score (nSPS) is 16.8. The monoisotopic (exact) mass is 322 g/mol. The van der Waals surface area contributed by atoms with Crippen molar-refractivity contribution in [2.75, 3.05) is 7.05 Å². The standard InChI is InChI=1S/C20H19FN2O/c1-23(20(24)13-6-8-14(21)9-7-13)15-10-11-19-17(12-15)16-4-2-3-5-18(16)22-19/h2-9,15,22H,10-12H2,1H3. The van der Waals surface area contributed by atoms with E-state index in [0.29, 0.717) is 5.56 Å². The summed E-state index contributed by atoms with van der Waals surface area (Å²) in [6, 6.07) is 14.2. The minimum atomic E-state index is -0.324. The highest BCUT2D eigenvalue weighted by atomic mass is 19.1. The molecule has 0 spiro atoms. The number of nitrogens with one attached hydrogen (secondary N) is 1. The molecule has 3 aromatic rings. The fourth-order valence-corrected chi connectivity index (χ4v) is 3.64. The average Bonchev–Trinajstić information content (AvgIpc) is 2.99. The van der Waals surface area contributed by atoms with Gasteiger partial charge in [-0.2, -0.15) is 0 Å². The van der Waals surface area contributed by atoms with E-state index in [4.69, 9.17) is 0 Å². The first kappa shape index (κ1) is 14.9. The molecular formula is C20H19FN2O. The average molecular weight is 322 g/mol. The van der Waals surface area contributed by atoms with Gasteiger partial charge >= 0.3 is 0 Å². The molecule has 0 aliphatic heterocycles. The van der Waals surface area contributed by atoms with Crippen molar-refractivity contribution in [3.05, 3.63) is 71.2 Å². The summed E-state index contributed by atoms with van der Waals surface area (Å²) >= 11 is 0. The molecule has 1 aliphatic carbocycles. The van der Waals surface area contributed by atoms with Crippen molar-refractivity contribution < 1.29 is 9.18 Å². The Morgan fingerprint density at radius 3 is 2.71 bits per heavy atom. The van der Waals surface area contributed by atoms with Crippen molar-refractivity contribution in [3.8, 4) is 0 Å². The molecule has 0 bridgehead atoms. The minimum Gasteiger partial charge on any atom is -0.358 e. The number of aromatic amines is 1. The number of aryl methyl sites for hydroxylation is 1. The number of amides is 1. The van der Waals surface area contributed by atoms with E-state index in [2.05, 4.69) is 17.1 Å². The molecule has 1 N–H and O–H groups in total. The predicted molar refractivity (Wildman–Crippen MR) is 92.6 cm³/mol. The van der Waals surface area contributed by atoms with Gasteiger partial charge in [-0.15, -0.1) is 0 Å². The number of rotatable bonds is 2. The first-order valence-corrected chi connectivity index (χ1v) is 8.24. The van der Waals surface area contributed by atoms with E-state index >= 15 is 0 Å². The van der Waals surface area contributed by atoms with E-state index in [1.807, 2.05) is 19.2 Å². The van der Waals surface area contributed by atoms with Crippen LogP contribution in [0.4, 0.5) is 4.39 Å². The van der Waals surface area contributed by atoms with E-state index in [1.54, 1.807) is 17.0 Å². The molecule has 1 atom stereocenters. The van der Waals surface area contributed by atoms with Crippen molar-refractivity contribution in [1.82, 2.24) is 9.88 Å². The summed E-state index contributed by atoms with van der Waals surface area (Å²) < 4.78 is 13.1. The Morgan fingerprint density at radius 2 is 1.92 bits per heavy atom. The van der Waals surface area contributed by atoms with Crippen LogP contribution in [0.5, 0.6) is 0 Å². The molecule has 1 heterocycles. The summed E-state index contributed by atoms with van der Waals surface area (Å²) in [7, 11) is 1.84. The molecule has 2 aromatic carbocycles. The Hall–Kier alpha value is -2.62. The smallest absolute Gasteiger partial charge is 0.253 e. The molecule has 4 rings (SSSR count). The van der Waals surface area contributed by atoms with Gasteiger partial charge in [0.2, 0.25) is 0 Å². The van der Waals surface area contributed by atoms with Gasteiger partial charge in [0.1, 0.15) is 5.82 Å². The maximum Gasteiger partial charge on any atom is 0.253 e. The van der Waals surface area contributed by atoms with Crippen LogP contribution in [0, 0.1) is 5.82 Å². The van der Waals surface area contributed by atoms with Gasteiger partial charge in [0, 0.05) is 35.2 Å². The summed E-state index contributed by atoms with van der Waals surface area (Å²) in [5.41, 5.74) is 4.30. The maximum absolute atomic E-state index is 13.1. The molecule has 0 radical (unpaired) electrons. The van der Waals surface area contributed by atoms with Gasteiger partial charge in [-0.05, 0) is 55.2 Å². The number of nitrogens with zero attached hydrogens (tertiary/aromatic N) is 1. The molecule has 0 saturated carbocycles. The molecule has 1 amide bonds. The van der Waals surface area contributed by atoms with E-state index in [0.717, 1.165) is 24.8 Å². The van der Waals surface area contributed by atoms with Gasteiger partial charge in [-0.3, -0.25) is 4.79 Å². The van der Waals surface area contributed by atoms with Gasteiger partial charge in [0.15, 0.2) is 0 Å². The van der Waals surface area contributed by atoms with E-state index < -0.39 is 0 Å². The van der Waals surface area contributed by atoms with Gasteiger partial charge < -0.3 is 9.88 Å². The Bertz CT molecular complexity index is 898. The van der Waals surface area contributed by atoms with Crippen LogP contribution in [-0.2, 0) is 12.8 Å². The summed E-state index contributed by atoms with van der Waals surface area (Å²) in [5.74, 6) is -0.376. The number of H-pyrrole nitrogens is 1. The third-order valence-corrected chi connectivity index (χ3v) is 5.03. The summed E-state index contributed by atoms with van der Waals surface area (Å²) in [6.45, 7) is 0. The van der Waals surface area contributed by atoms with Crippen LogP contribution in [0.25, 0.3) is 10.9 Å². The number of hydrogen-bond acceptors (Lipinski definition) is 1. The highest BCUT2D eigenvalue weighted by Crippen LogP contribution is 2.31. The zero-order valence-corrected chi connectivity index (χ0v) is 13.6. The fraction of sp³-hybridized carbons (Fsp3) is 0.250. The number of carbonyl (C=O) groups is 1. The van der Waals surface area contributed by atoms with Crippen LogP contribution in [0.1, 0.15) is 28.0 Å². The van der Waals surface area contributed by atoms with Crippen LogP contribution in [0.3, 0.4) is 0 Å². The summed E-state index contributed by atoms with van der Waals surface area (Å²) in [6.07, 6.45) is 2.72. The van der Waals surface area contributed by atoms with Gasteiger partial charge in [0.25, 0.3) is 5.91 Å². The number of aromatic nitrogens is 1. The number of halogens is 1. The van der Waals surface area contributed by atoms with E-state index in [-0.39, 0.29) is 17.8 Å². The number of benzene rings is 2. The third kappa shape index (κ3) is 2.48. The zero-order valence-electron chi connectivity index (χ0n) is 13.6. The molecule has 0 saturated heterocycles. The quantitative estimate of drug-likeness (QED) is 0.762. The second kappa shape index (κ2) is 5.78. The van der Waals surface area contributed by atoms with E-state index in [9.17, 15) is 9.18 Å². The molecule has 24 heavy (non-hydrogen) atoms. The van der Waals surface area contributed by atoms with Crippen molar-refractivity contribution in [2.45, 2.75) is 25.3 Å².